The van der Waals surface area contributed by atoms with Crippen LogP contribution in [0.4, 0.5) is 4.79 Å². The van der Waals surface area contributed by atoms with Gasteiger partial charge in [0.2, 0.25) is 5.91 Å². The highest BCUT2D eigenvalue weighted by molar-refractivity contribution is 6.09. The second kappa shape index (κ2) is 5.47. The lowest BCUT2D eigenvalue weighted by Gasteiger charge is -2.20. The zero-order chi connectivity index (χ0) is 15.7. The number of imide groups is 1. The Kier molecular flexibility index (Phi) is 3.64. The Hall–Kier alpha value is -2.31. The number of hydrogen-bond donors (Lipinski definition) is 2. The summed E-state index contributed by atoms with van der Waals surface area (Å²) in [6.45, 7) is 1.51. The highest BCUT2D eigenvalue weighted by atomic mass is 16.3. The molecule has 0 aromatic carbocycles. The first-order valence-electron chi connectivity index (χ1n) is 7.49. The highest BCUT2D eigenvalue weighted by Crippen LogP contribution is 2.34. The maximum absolute atomic E-state index is 12.4. The van der Waals surface area contributed by atoms with E-state index >= 15 is 0 Å². The highest BCUT2D eigenvalue weighted by Gasteiger charge is 2.52. The predicted molar refractivity (Wildman–Crippen MR) is 76.7 cm³/mol. The molecule has 118 valence electrons. The molecule has 2 aliphatic rings. The van der Waals surface area contributed by atoms with Crippen LogP contribution >= 0.6 is 0 Å². The van der Waals surface area contributed by atoms with E-state index in [2.05, 4.69) is 10.6 Å². The number of carbonyl (C=O) groups is 3. The van der Waals surface area contributed by atoms with Crippen LogP contribution in [0, 0.1) is 0 Å². The van der Waals surface area contributed by atoms with Crippen LogP contribution in [0.2, 0.25) is 0 Å². The molecule has 2 N–H and O–H groups in total. The van der Waals surface area contributed by atoms with Crippen LogP contribution in [-0.4, -0.2) is 34.8 Å². The van der Waals surface area contributed by atoms with Crippen molar-refractivity contribution in [1.82, 2.24) is 15.5 Å². The summed E-state index contributed by atoms with van der Waals surface area (Å²) in [7, 11) is 0. The molecule has 3 rings (SSSR count). The van der Waals surface area contributed by atoms with E-state index in [0.717, 1.165) is 17.7 Å². The van der Waals surface area contributed by atoms with Crippen molar-refractivity contribution in [3.8, 4) is 0 Å². The minimum absolute atomic E-state index is 0.266. The second-order valence-corrected chi connectivity index (χ2v) is 5.92. The fourth-order valence-electron chi connectivity index (χ4n) is 3.18. The summed E-state index contributed by atoms with van der Waals surface area (Å²) in [6, 6.07) is 2.70. The lowest BCUT2D eigenvalue weighted by atomic mass is 9.98. The lowest BCUT2D eigenvalue weighted by molar-refractivity contribution is -0.135. The van der Waals surface area contributed by atoms with Crippen molar-refractivity contribution in [2.24, 2.45) is 0 Å². The zero-order valence-corrected chi connectivity index (χ0v) is 12.4. The van der Waals surface area contributed by atoms with Crippen molar-refractivity contribution in [3.05, 3.63) is 24.2 Å². The summed E-state index contributed by atoms with van der Waals surface area (Å²) in [5.74, 6) is -0.0453. The van der Waals surface area contributed by atoms with Crippen LogP contribution < -0.4 is 10.6 Å². The molecule has 7 heteroatoms. The largest absolute Gasteiger partial charge is 0.467 e. The SMILES string of the molecule is C[C@@H](NC(=O)CN1C(=O)NC2(CCCC2)C1=O)c1ccco1. The Labute approximate surface area is 128 Å². The Morgan fingerprint density at radius 2 is 2.18 bits per heavy atom. The van der Waals surface area contributed by atoms with E-state index in [1.165, 1.54) is 6.26 Å². The molecule has 1 aliphatic carbocycles. The van der Waals surface area contributed by atoms with E-state index in [1.54, 1.807) is 19.1 Å². The van der Waals surface area contributed by atoms with Crippen molar-refractivity contribution in [1.29, 1.82) is 0 Å². The average Bonchev–Trinajstić information content (AvgIpc) is 3.18. The average molecular weight is 305 g/mol. The number of urea groups is 1. The van der Waals surface area contributed by atoms with Gasteiger partial charge in [-0.05, 0) is 31.9 Å². The fourth-order valence-corrected chi connectivity index (χ4v) is 3.18. The molecule has 1 saturated carbocycles. The number of rotatable bonds is 4. The molecule has 1 aliphatic heterocycles. The monoisotopic (exact) mass is 305 g/mol. The van der Waals surface area contributed by atoms with Gasteiger partial charge in [0.05, 0.1) is 12.3 Å². The molecule has 1 aromatic rings. The van der Waals surface area contributed by atoms with Gasteiger partial charge in [0.15, 0.2) is 0 Å². The maximum atomic E-state index is 12.4. The van der Waals surface area contributed by atoms with Gasteiger partial charge in [0, 0.05) is 0 Å². The Morgan fingerprint density at radius 1 is 1.45 bits per heavy atom. The summed E-state index contributed by atoms with van der Waals surface area (Å²) in [5.41, 5.74) is -0.774. The third-order valence-electron chi connectivity index (χ3n) is 4.35. The molecule has 2 heterocycles. The van der Waals surface area contributed by atoms with Crippen molar-refractivity contribution in [3.63, 3.8) is 0 Å². The van der Waals surface area contributed by atoms with Crippen molar-refractivity contribution < 1.29 is 18.8 Å². The van der Waals surface area contributed by atoms with Gasteiger partial charge in [-0.25, -0.2) is 4.79 Å². The van der Waals surface area contributed by atoms with Crippen molar-refractivity contribution in [2.75, 3.05) is 6.54 Å². The zero-order valence-electron chi connectivity index (χ0n) is 12.4. The normalized spacial score (nSPS) is 21.2. The number of hydrogen-bond acceptors (Lipinski definition) is 4. The van der Waals surface area contributed by atoms with Gasteiger partial charge >= 0.3 is 6.03 Å². The molecule has 0 radical (unpaired) electrons. The smallest absolute Gasteiger partial charge is 0.325 e. The molecule has 7 nitrogen and oxygen atoms in total. The van der Waals surface area contributed by atoms with Gasteiger partial charge < -0.3 is 15.1 Å². The van der Waals surface area contributed by atoms with Gasteiger partial charge in [-0.3, -0.25) is 14.5 Å². The van der Waals surface area contributed by atoms with E-state index < -0.39 is 11.6 Å². The standard InChI is InChI=1S/C15H19N3O4/c1-10(11-5-4-8-22-11)16-12(19)9-18-13(20)15(17-14(18)21)6-2-3-7-15/h4-5,8,10H,2-3,6-7,9H2,1H3,(H,16,19)(H,17,21)/t10-/m1/s1. The van der Waals surface area contributed by atoms with Gasteiger partial charge in [-0.15, -0.1) is 0 Å². The van der Waals surface area contributed by atoms with Gasteiger partial charge in [-0.1, -0.05) is 12.8 Å². The van der Waals surface area contributed by atoms with E-state index in [4.69, 9.17) is 4.42 Å². The number of furan rings is 1. The van der Waals surface area contributed by atoms with E-state index in [1.807, 2.05) is 0 Å². The minimum atomic E-state index is -0.774. The maximum Gasteiger partial charge on any atom is 0.325 e. The molecule has 22 heavy (non-hydrogen) atoms. The van der Waals surface area contributed by atoms with Crippen LogP contribution in [-0.2, 0) is 9.59 Å². The van der Waals surface area contributed by atoms with Gasteiger partial charge in [0.25, 0.3) is 5.91 Å². The van der Waals surface area contributed by atoms with Crippen LogP contribution in [0.25, 0.3) is 0 Å². The summed E-state index contributed by atoms with van der Waals surface area (Å²) >= 11 is 0. The minimum Gasteiger partial charge on any atom is -0.467 e. The third-order valence-corrected chi connectivity index (χ3v) is 4.35. The van der Waals surface area contributed by atoms with Crippen molar-refractivity contribution in [2.45, 2.75) is 44.2 Å². The predicted octanol–water partition coefficient (Wildman–Crippen LogP) is 1.32. The molecule has 0 unspecified atom stereocenters. The molecule has 1 spiro atoms. The molecule has 4 amide bonds. The number of amides is 4. The summed E-state index contributed by atoms with van der Waals surface area (Å²) in [5, 5.41) is 5.48. The van der Waals surface area contributed by atoms with Crippen LogP contribution in [0.5, 0.6) is 0 Å². The lowest BCUT2D eigenvalue weighted by Crippen LogP contribution is -2.45. The Morgan fingerprint density at radius 3 is 2.82 bits per heavy atom. The number of nitrogens with one attached hydrogen (secondary N) is 2. The summed E-state index contributed by atoms with van der Waals surface area (Å²) in [6.07, 6.45) is 4.67. The molecule has 1 atom stereocenters. The van der Waals surface area contributed by atoms with Crippen LogP contribution in [0.3, 0.4) is 0 Å². The van der Waals surface area contributed by atoms with Gasteiger partial charge in [-0.2, -0.15) is 0 Å². The topological polar surface area (TPSA) is 91.7 Å². The van der Waals surface area contributed by atoms with Crippen LogP contribution in [0.1, 0.15) is 44.4 Å². The Bertz CT molecular complexity index is 590. The van der Waals surface area contributed by atoms with E-state index in [0.29, 0.717) is 18.6 Å². The number of nitrogens with zero attached hydrogens (tertiary/aromatic N) is 1. The first-order valence-corrected chi connectivity index (χ1v) is 7.49. The molecule has 1 aromatic heterocycles. The summed E-state index contributed by atoms with van der Waals surface area (Å²) < 4.78 is 5.21. The van der Waals surface area contributed by atoms with E-state index in [-0.39, 0.29) is 24.4 Å². The molecule has 0 bridgehead atoms. The number of carbonyl (C=O) groups excluding carboxylic acids is 3. The molecule has 1 saturated heterocycles. The van der Waals surface area contributed by atoms with Crippen molar-refractivity contribution >= 4 is 17.8 Å². The second-order valence-electron chi connectivity index (χ2n) is 5.92. The fraction of sp³-hybridized carbons (Fsp3) is 0.533. The molecular weight excluding hydrogens is 286 g/mol. The summed E-state index contributed by atoms with van der Waals surface area (Å²) in [4.78, 5) is 37.5. The Balaban J connectivity index is 1.62. The van der Waals surface area contributed by atoms with Gasteiger partial charge in [0.1, 0.15) is 17.8 Å². The third kappa shape index (κ3) is 2.47. The van der Waals surface area contributed by atoms with Crippen LogP contribution in [0.15, 0.2) is 22.8 Å². The first-order chi connectivity index (χ1) is 10.5. The van der Waals surface area contributed by atoms with E-state index in [9.17, 15) is 14.4 Å². The first kappa shape index (κ1) is 14.6. The molecule has 2 fully saturated rings. The quantitative estimate of drug-likeness (QED) is 0.821. The molecular formula is C15H19N3O4.